The first-order valence-electron chi connectivity index (χ1n) is 11.0. The minimum atomic E-state index is -3.65. The maximum absolute atomic E-state index is 13.2. The average molecular weight is 457 g/mol. The van der Waals surface area contributed by atoms with E-state index in [1.807, 2.05) is 32.0 Å². The molecular formula is C24H32N4O3S. The number of likely N-dealkylation sites (N-methyl/N-ethyl adjacent to an activating group) is 1. The van der Waals surface area contributed by atoms with E-state index in [0.29, 0.717) is 12.1 Å². The van der Waals surface area contributed by atoms with E-state index in [1.54, 1.807) is 24.3 Å². The van der Waals surface area contributed by atoms with Gasteiger partial charge in [0.25, 0.3) is 10.0 Å². The molecule has 1 amide bonds. The number of amides is 1. The Kier molecular flexibility index (Phi) is 7.69. The molecule has 0 bridgehead atoms. The van der Waals surface area contributed by atoms with Gasteiger partial charge in [0.1, 0.15) is 11.9 Å². The van der Waals surface area contributed by atoms with Gasteiger partial charge in [0, 0.05) is 12.1 Å². The standard InChI is InChI=1S/C24H32N4O3S/c1-5-28(6-2)20(18-12-8-7-9-13-18)16-25-24(29)22(17(3)4)26-23-19-14-10-11-15-21(19)32(30,31)27-23/h7-15,17,20,22H,5-6,16H2,1-4H3,(H,25,29)(H,26,27)/t20?,22-/m0/s1. The molecule has 2 aromatic carbocycles. The molecule has 1 unspecified atom stereocenters. The number of carbonyl (C=O) groups excluding carboxylic acids is 1. The Morgan fingerprint density at radius 3 is 2.28 bits per heavy atom. The smallest absolute Gasteiger partial charge is 0.263 e. The van der Waals surface area contributed by atoms with Crippen molar-refractivity contribution in [1.82, 2.24) is 14.9 Å². The highest BCUT2D eigenvalue weighted by Crippen LogP contribution is 2.24. The summed E-state index contributed by atoms with van der Waals surface area (Å²) in [6.45, 7) is 10.2. The maximum atomic E-state index is 13.2. The van der Waals surface area contributed by atoms with E-state index in [9.17, 15) is 13.2 Å². The third-order valence-corrected chi connectivity index (χ3v) is 7.14. The predicted molar refractivity (Wildman–Crippen MR) is 127 cm³/mol. The minimum Gasteiger partial charge on any atom is -0.352 e. The van der Waals surface area contributed by atoms with Gasteiger partial charge in [0.2, 0.25) is 5.91 Å². The van der Waals surface area contributed by atoms with Crippen molar-refractivity contribution in [3.05, 3.63) is 65.7 Å². The second kappa shape index (κ2) is 10.3. The van der Waals surface area contributed by atoms with Crippen LogP contribution in [0.25, 0.3) is 0 Å². The zero-order chi connectivity index (χ0) is 23.3. The molecule has 0 saturated carbocycles. The molecule has 32 heavy (non-hydrogen) atoms. The molecule has 2 N–H and O–H groups in total. The molecule has 0 radical (unpaired) electrons. The van der Waals surface area contributed by atoms with Crippen LogP contribution in [-0.2, 0) is 14.8 Å². The summed E-state index contributed by atoms with van der Waals surface area (Å²) in [6, 6.07) is 16.1. The first kappa shape index (κ1) is 23.9. The number of carbonyl (C=O) groups is 1. The van der Waals surface area contributed by atoms with Crippen LogP contribution < -0.4 is 10.0 Å². The fourth-order valence-corrected chi connectivity index (χ4v) is 5.22. The van der Waals surface area contributed by atoms with Gasteiger partial charge in [-0.1, -0.05) is 70.2 Å². The van der Waals surface area contributed by atoms with Gasteiger partial charge in [-0.15, -0.1) is 0 Å². The van der Waals surface area contributed by atoms with Gasteiger partial charge in [-0.3, -0.25) is 19.4 Å². The molecule has 0 aromatic heterocycles. The Morgan fingerprint density at radius 2 is 1.66 bits per heavy atom. The summed E-state index contributed by atoms with van der Waals surface area (Å²) in [4.78, 5) is 20.2. The van der Waals surface area contributed by atoms with Gasteiger partial charge in [-0.25, -0.2) is 8.42 Å². The van der Waals surface area contributed by atoms with Crippen LogP contribution in [0.15, 0.2) is 64.5 Å². The quantitative estimate of drug-likeness (QED) is 0.607. The monoisotopic (exact) mass is 456 g/mol. The normalized spacial score (nSPS) is 17.8. The number of rotatable bonds is 9. The molecular weight excluding hydrogens is 424 g/mol. The van der Waals surface area contributed by atoms with Crippen molar-refractivity contribution in [3.63, 3.8) is 0 Å². The van der Waals surface area contributed by atoms with Crippen molar-refractivity contribution in [2.24, 2.45) is 10.9 Å². The molecule has 1 heterocycles. The van der Waals surface area contributed by atoms with Crippen LogP contribution >= 0.6 is 0 Å². The fraction of sp³-hybridized carbons (Fsp3) is 0.417. The maximum Gasteiger partial charge on any atom is 0.263 e. The van der Waals surface area contributed by atoms with E-state index in [1.165, 1.54) is 0 Å². The molecule has 1 aliphatic rings. The van der Waals surface area contributed by atoms with Crippen molar-refractivity contribution >= 4 is 21.8 Å². The SMILES string of the molecule is CCN(CC)C(CNC(=O)[C@@H](N=C1NS(=O)(=O)c2ccccc21)C(C)C)c1ccccc1. The number of nitrogens with one attached hydrogen (secondary N) is 2. The Labute approximate surface area is 191 Å². The summed E-state index contributed by atoms with van der Waals surface area (Å²) in [5.41, 5.74) is 1.64. The predicted octanol–water partition coefficient (Wildman–Crippen LogP) is 2.95. The third kappa shape index (κ3) is 5.19. The van der Waals surface area contributed by atoms with Crippen LogP contribution in [0, 0.1) is 5.92 Å². The fourth-order valence-electron chi connectivity index (χ4n) is 3.98. The highest BCUT2D eigenvalue weighted by atomic mass is 32.2. The largest absolute Gasteiger partial charge is 0.352 e. The lowest BCUT2D eigenvalue weighted by molar-refractivity contribution is -0.123. The highest BCUT2D eigenvalue weighted by Gasteiger charge is 2.33. The lowest BCUT2D eigenvalue weighted by Gasteiger charge is -2.31. The molecule has 8 heteroatoms. The lowest BCUT2D eigenvalue weighted by atomic mass is 10.0. The molecule has 3 rings (SSSR count). The zero-order valence-electron chi connectivity index (χ0n) is 19.1. The van der Waals surface area contributed by atoms with Gasteiger partial charge in [-0.2, -0.15) is 0 Å². The molecule has 1 aliphatic heterocycles. The number of amidine groups is 1. The van der Waals surface area contributed by atoms with E-state index in [2.05, 4.69) is 45.9 Å². The summed E-state index contributed by atoms with van der Waals surface area (Å²) in [7, 11) is -3.65. The third-order valence-electron chi connectivity index (χ3n) is 5.74. The number of fused-ring (bicyclic) bond motifs is 1. The molecule has 7 nitrogen and oxygen atoms in total. The number of nitrogens with zero attached hydrogens (tertiary/aromatic N) is 2. The van der Waals surface area contributed by atoms with Gasteiger partial charge in [-0.05, 0) is 36.7 Å². The summed E-state index contributed by atoms with van der Waals surface area (Å²) >= 11 is 0. The molecule has 172 valence electrons. The Bertz CT molecular complexity index is 1060. The Hall–Kier alpha value is -2.71. The molecule has 0 aliphatic carbocycles. The van der Waals surface area contributed by atoms with Crippen molar-refractivity contribution in [3.8, 4) is 0 Å². The second-order valence-corrected chi connectivity index (χ2v) is 9.81. The Balaban J connectivity index is 1.82. The van der Waals surface area contributed by atoms with Crippen LogP contribution in [0.1, 0.15) is 44.9 Å². The van der Waals surface area contributed by atoms with Crippen molar-refractivity contribution in [1.29, 1.82) is 0 Å². The van der Waals surface area contributed by atoms with Crippen LogP contribution in [0.3, 0.4) is 0 Å². The van der Waals surface area contributed by atoms with Gasteiger partial charge < -0.3 is 5.32 Å². The zero-order valence-corrected chi connectivity index (χ0v) is 19.9. The number of hydrogen-bond acceptors (Lipinski definition) is 5. The molecule has 0 saturated heterocycles. The average Bonchev–Trinajstić information content (AvgIpc) is 3.05. The number of aliphatic imine (C=N–C) groups is 1. The first-order chi connectivity index (χ1) is 15.3. The molecule has 2 aromatic rings. The van der Waals surface area contributed by atoms with E-state index < -0.39 is 16.1 Å². The molecule has 0 fully saturated rings. The molecule has 2 atom stereocenters. The number of benzene rings is 2. The minimum absolute atomic E-state index is 0.0429. The number of hydrogen-bond donors (Lipinski definition) is 2. The summed E-state index contributed by atoms with van der Waals surface area (Å²) < 4.78 is 27.3. The van der Waals surface area contributed by atoms with Crippen LogP contribution in [0.4, 0.5) is 0 Å². The lowest BCUT2D eigenvalue weighted by Crippen LogP contribution is -2.43. The van der Waals surface area contributed by atoms with Gasteiger partial charge in [0.05, 0.1) is 10.9 Å². The van der Waals surface area contributed by atoms with Crippen LogP contribution in [0.2, 0.25) is 0 Å². The van der Waals surface area contributed by atoms with Gasteiger partial charge >= 0.3 is 0 Å². The Morgan fingerprint density at radius 1 is 1.03 bits per heavy atom. The summed E-state index contributed by atoms with van der Waals surface area (Å²) in [5, 5.41) is 3.07. The van der Waals surface area contributed by atoms with Crippen molar-refractivity contribution < 1.29 is 13.2 Å². The van der Waals surface area contributed by atoms with E-state index in [4.69, 9.17) is 0 Å². The van der Waals surface area contributed by atoms with E-state index >= 15 is 0 Å². The van der Waals surface area contributed by atoms with Crippen LogP contribution in [0.5, 0.6) is 0 Å². The van der Waals surface area contributed by atoms with E-state index in [-0.39, 0.29) is 28.6 Å². The second-order valence-electron chi connectivity index (χ2n) is 8.16. The topological polar surface area (TPSA) is 90.9 Å². The molecule has 0 spiro atoms. The van der Waals surface area contributed by atoms with Crippen molar-refractivity contribution in [2.45, 2.75) is 44.7 Å². The summed E-state index contributed by atoms with van der Waals surface area (Å²) in [5.74, 6) is -0.106. The highest BCUT2D eigenvalue weighted by molar-refractivity contribution is 7.90. The van der Waals surface area contributed by atoms with Gasteiger partial charge in [0.15, 0.2) is 0 Å². The van der Waals surface area contributed by atoms with Crippen molar-refractivity contribution in [2.75, 3.05) is 19.6 Å². The first-order valence-corrected chi connectivity index (χ1v) is 12.5. The summed E-state index contributed by atoms with van der Waals surface area (Å²) in [6.07, 6.45) is 0. The van der Waals surface area contributed by atoms with E-state index in [0.717, 1.165) is 18.7 Å². The van der Waals surface area contributed by atoms with Crippen LogP contribution in [-0.4, -0.2) is 50.7 Å². The number of sulfonamides is 1.